The lowest BCUT2D eigenvalue weighted by molar-refractivity contribution is 0.0678. The molecule has 0 spiro atoms. The van der Waals surface area contributed by atoms with Crippen molar-refractivity contribution in [2.75, 3.05) is 43.0 Å². The zero-order valence-corrected chi connectivity index (χ0v) is 63.5. The van der Waals surface area contributed by atoms with Crippen molar-refractivity contribution in [3.63, 3.8) is 0 Å². The lowest BCUT2D eigenvalue weighted by Crippen LogP contribution is -2.19. The first kappa shape index (κ1) is 84.7. The topological polar surface area (TPSA) is 542 Å². The molecule has 32 heteroatoms. The summed E-state index contributed by atoms with van der Waals surface area (Å²) >= 11 is 0. The van der Waals surface area contributed by atoms with Crippen molar-refractivity contribution in [3.8, 4) is 0 Å². The van der Waals surface area contributed by atoms with Crippen molar-refractivity contribution >= 4 is 146 Å². The van der Waals surface area contributed by atoms with Crippen molar-refractivity contribution in [2.24, 2.45) is 0 Å². The van der Waals surface area contributed by atoms with Gasteiger partial charge >= 0.3 is 41.8 Å². The molecule has 0 atom stereocenters. The van der Waals surface area contributed by atoms with Crippen LogP contribution in [0.5, 0.6) is 0 Å². The number of aryl methyl sites for hydroxylation is 3. The van der Waals surface area contributed by atoms with E-state index in [9.17, 15) is 108 Å². The summed E-state index contributed by atoms with van der Waals surface area (Å²) in [4.78, 5) is 229. The largest absolute Gasteiger partial charge is 0.478 e. The number of anilines is 8. The maximum atomic E-state index is 15.3. The third-order valence-corrected chi connectivity index (χ3v) is 18.2. The van der Waals surface area contributed by atoms with Gasteiger partial charge in [-0.3, -0.25) is 47.9 Å². The predicted octanol–water partition coefficient (Wildman–Crippen LogP) is 13.1. The van der Waals surface area contributed by atoms with Gasteiger partial charge in [-0.2, -0.15) is 0 Å². The number of aromatic carboxylic acids is 7. The average molecular weight is 1630 g/mol. The molecule has 11 aromatic carbocycles. The molecule has 0 aliphatic carbocycles. The predicted molar refractivity (Wildman–Crippen MR) is 438 cm³/mol. The Hall–Kier alpha value is -17.2. The third kappa shape index (κ3) is 21.8. The normalized spacial score (nSPS) is 10.7. The number of hydrogen-bond donors (Lipinski definition) is 15. The molecule has 0 aliphatic heterocycles. The lowest BCUT2D eigenvalue weighted by atomic mass is 9.94. The first-order valence-electron chi connectivity index (χ1n) is 35.9. The summed E-state index contributed by atoms with van der Waals surface area (Å²) in [7, 11) is 0. The Kier molecular flexibility index (Phi) is 25.3. The quantitative estimate of drug-likeness (QED) is 0.0147. The van der Waals surface area contributed by atoms with Gasteiger partial charge < -0.3 is 78.7 Å². The Labute approximate surface area is 683 Å². The minimum Gasteiger partial charge on any atom is -0.478 e. The van der Waals surface area contributed by atoms with E-state index in [0.717, 1.165) is 120 Å². The molecular formula is C89H66N8O24. The molecule has 606 valence electrons. The molecule has 121 heavy (non-hydrogen) atoms. The zero-order chi connectivity index (χ0) is 87.5. The van der Waals surface area contributed by atoms with Gasteiger partial charge in [0.15, 0.2) is 17.3 Å². The minimum absolute atomic E-state index is 0.0106. The number of benzene rings is 11. The van der Waals surface area contributed by atoms with Gasteiger partial charge in [-0.05, 0) is 248 Å². The van der Waals surface area contributed by atoms with E-state index in [-0.39, 0.29) is 112 Å². The van der Waals surface area contributed by atoms with Crippen LogP contribution in [0.1, 0.15) is 209 Å². The molecule has 32 nitrogen and oxygen atoms in total. The lowest BCUT2D eigenvalue weighted by Gasteiger charge is -2.15. The molecule has 0 fully saturated rings. The van der Waals surface area contributed by atoms with Gasteiger partial charge in [0.05, 0.1) is 38.9 Å². The number of ketones is 3. The first-order chi connectivity index (χ1) is 57.3. The number of nitrogens with one attached hydrogen (secondary N) is 7. The molecular weight excluding hydrogens is 1570 g/mol. The van der Waals surface area contributed by atoms with E-state index >= 15 is 9.59 Å². The fraction of sp³-hybridized carbons (Fsp3) is 0.0674. The van der Waals surface area contributed by atoms with Crippen LogP contribution in [-0.2, 0) is 19.3 Å². The molecule has 0 aliphatic rings. The van der Waals surface area contributed by atoms with Gasteiger partial charge in [0.2, 0.25) is 0 Å². The summed E-state index contributed by atoms with van der Waals surface area (Å²) in [6.07, 6.45) is -1.99. The monoisotopic (exact) mass is 1630 g/mol. The maximum absolute atomic E-state index is 15.3. The van der Waals surface area contributed by atoms with Crippen molar-refractivity contribution < 1.29 is 117 Å². The maximum Gasteiger partial charge on any atom is 0.335 e. The summed E-state index contributed by atoms with van der Waals surface area (Å²) in [6.45, 7) is 5.09. The van der Waals surface area contributed by atoms with Crippen LogP contribution in [0.2, 0.25) is 0 Å². The average Bonchev–Trinajstić information content (AvgIpc) is 0.789. The molecule has 7 amide bonds. The summed E-state index contributed by atoms with van der Waals surface area (Å²) < 4.78 is 0. The number of carbonyl (C=O) groups is 17. The smallest absolute Gasteiger partial charge is 0.335 e. The number of amides is 7. The highest BCUT2D eigenvalue weighted by Gasteiger charge is 2.26. The highest BCUT2D eigenvalue weighted by atomic mass is 16.4. The van der Waals surface area contributed by atoms with Gasteiger partial charge in [-0.15, -0.1) is 0 Å². The second kappa shape index (κ2) is 36.1. The number of nitrogen functional groups attached to an aromatic ring is 1. The third-order valence-electron chi connectivity index (χ3n) is 18.2. The fourth-order valence-electron chi connectivity index (χ4n) is 12.8. The van der Waals surface area contributed by atoms with E-state index in [1.165, 1.54) is 84.9 Å². The summed E-state index contributed by atoms with van der Waals surface area (Å²) in [5, 5.41) is 86.7. The van der Waals surface area contributed by atoms with E-state index in [4.69, 9.17) is 5.73 Å². The summed E-state index contributed by atoms with van der Waals surface area (Å²) in [5.74, 6) is -19.5. The fourth-order valence-corrected chi connectivity index (χ4v) is 12.8. The number of rotatable bonds is 30. The number of nitrogens with two attached hydrogens (primary N) is 1. The van der Waals surface area contributed by atoms with Crippen molar-refractivity contribution in [2.45, 2.75) is 40.0 Å². The molecule has 16 N–H and O–H groups in total. The van der Waals surface area contributed by atoms with Crippen LogP contribution < -0.4 is 43.0 Å². The van der Waals surface area contributed by atoms with Gasteiger partial charge in [0.1, 0.15) is 0 Å². The van der Waals surface area contributed by atoms with Gasteiger partial charge in [-0.1, -0.05) is 18.2 Å². The van der Waals surface area contributed by atoms with Crippen LogP contribution in [0.25, 0.3) is 0 Å². The van der Waals surface area contributed by atoms with E-state index in [1.54, 1.807) is 32.9 Å². The highest BCUT2D eigenvalue weighted by Crippen LogP contribution is 2.29. The van der Waals surface area contributed by atoms with Crippen LogP contribution in [0, 0.1) is 20.8 Å². The number of hydrogen-bond acceptors (Lipinski definition) is 18. The van der Waals surface area contributed by atoms with E-state index < -0.39 is 159 Å². The molecule has 0 unspecified atom stereocenters. The summed E-state index contributed by atoms with van der Waals surface area (Å²) in [5.41, 5.74) is 1.29. The molecule has 0 bridgehead atoms. The second-order valence-corrected chi connectivity index (χ2v) is 27.7. The van der Waals surface area contributed by atoms with Gasteiger partial charge in [0, 0.05) is 120 Å². The molecule has 0 aromatic heterocycles. The van der Waals surface area contributed by atoms with Crippen LogP contribution in [0.4, 0.5) is 45.5 Å². The highest BCUT2D eigenvalue weighted by molar-refractivity contribution is 6.16. The number of carbonyl (C=O) groups excluding carboxylic acids is 10. The molecule has 0 saturated carbocycles. The standard InChI is InChI=1S/C89H66N8O24/c1-42-10-43(2)13-68(12-42)93-76(101)53-17-46(18-56(26-53)79(104)96-71-37-58(28-63(40-71)88(118)119)80(105)91-66-8-4-6-48(33-66)83(108)109)22-75(100)52-25-57(82(107)97-72-38-59(29-64(41-72)89(120)121)81(106)92-67-9-5-7-49(34-67)84(110)111)36-70(35-52)95-78(103)55-16-45(15-54(27-55)77(102)94-69-14-44(3)11-60(39-69)85(112)113)21-73(98)50-24-51(32-65(90)31-50)74(99)23-47-19-61(86(114)115)30-62(20-47)87(116)117/h4-20,24-41H,21-23,90H2,1-3H3,(H,91,105)(H,92,106)(H,93,101)(H,94,102)(H,95,103)(H,96,104)(H,97,107)(H,108,109)(H,110,111)(H,112,113)(H,114,115)(H,116,117)(H,118,119)(H,120,121). The molecule has 0 heterocycles. The molecule has 11 aromatic rings. The Morgan fingerprint density at radius 1 is 0.215 bits per heavy atom. The Balaban J connectivity index is 0.978. The van der Waals surface area contributed by atoms with Gasteiger partial charge in [0.25, 0.3) is 41.4 Å². The van der Waals surface area contributed by atoms with Crippen molar-refractivity contribution in [1.82, 2.24) is 0 Å². The van der Waals surface area contributed by atoms with Crippen LogP contribution in [0.15, 0.2) is 212 Å². The van der Waals surface area contributed by atoms with Crippen molar-refractivity contribution in [3.05, 3.63) is 340 Å². The molecule has 0 saturated heterocycles. The Morgan fingerprint density at radius 2 is 0.413 bits per heavy atom. The van der Waals surface area contributed by atoms with E-state index in [0.29, 0.717) is 11.3 Å². The molecule has 0 radical (unpaired) electrons. The van der Waals surface area contributed by atoms with Crippen LogP contribution in [-0.4, -0.2) is 136 Å². The van der Waals surface area contributed by atoms with Crippen LogP contribution in [0.3, 0.4) is 0 Å². The zero-order valence-electron chi connectivity index (χ0n) is 63.5. The first-order valence-corrected chi connectivity index (χ1v) is 35.9. The number of carboxylic acids is 7. The SMILES string of the molecule is Cc1cc(C)cc(NC(=O)c2cc(CC(=O)c3cc(NC(=O)c4cc(CC(=O)c5cc(N)cc(C(=O)Cc6cc(C(=O)O)cc(C(=O)O)c6)c5)cc(C(=O)Nc5cc(C)cc(C(=O)O)c5)c4)cc(C(=O)Nc4cc(C(=O)O)cc(C(=O)Nc5cccc(C(=O)O)c5)c4)c3)cc(C(=O)Nc3cc(C(=O)O)cc(C(=O)Nc4cccc(C(=O)O)c4)c3)c2)c1. The van der Waals surface area contributed by atoms with E-state index in [2.05, 4.69) is 37.2 Å². The Bertz CT molecular complexity index is 6290. The minimum atomic E-state index is -1.59. The summed E-state index contributed by atoms with van der Waals surface area (Å²) in [6, 6.07) is 42.1. The number of Topliss-reactive ketones (excluding diaryl/α,β-unsaturated/α-hetero) is 3. The number of carboxylic acid groups (broad SMARTS) is 7. The second-order valence-electron chi connectivity index (χ2n) is 27.7. The van der Waals surface area contributed by atoms with Crippen molar-refractivity contribution in [1.29, 1.82) is 0 Å². The van der Waals surface area contributed by atoms with E-state index in [1.807, 2.05) is 6.07 Å². The van der Waals surface area contributed by atoms with Crippen LogP contribution >= 0.6 is 0 Å². The Morgan fingerprint density at radius 3 is 0.736 bits per heavy atom. The molecule has 11 rings (SSSR count). The van der Waals surface area contributed by atoms with Gasteiger partial charge in [-0.25, -0.2) is 33.6 Å².